The summed E-state index contributed by atoms with van der Waals surface area (Å²) in [5.41, 5.74) is 0.0120. The van der Waals surface area contributed by atoms with Gasteiger partial charge in [0.25, 0.3) is 5.69 Å². The molecule has 0 aliphatic carbocycles. The second-order valence-corrected chi connectivity index (χ2v) is 4.96. The number of hydrogen-bond donors (Lipinski definition) is 0. The first kappa shape index (κ1) is 14.8. The summed E-state index contributed by atoms with van der Waals surface area (Å²) in [5.74, 6) is 1.23. The second kappa shape index (κ2) is 6.79. The van der Waals surface area contributed by atoms with Crippen LogP contribution in [-0.4, -0.2) is 18.1 Å². The van der Waals surface area contributed by atoms with Crippen molar-refractivity contribution in [1.29, 1.82) is 0 Å². The molecule has 0 atom stereocenters. The van der Waals surface area contributed by atoms with Crippen LogP contribution in [0.2, 0.25) is 0 Å². The van der Waals surface area contributed by atoms with Gasteiger partial charge in [0.15, 0.2) is 0 Å². The highest BCUT2D eigenvalue weighted by Gasteiger charge is 2.06. The molecule has 5 nitrogen and oxygen atoms in total. The average Bonchev–Trinajstić information content (AvgIpc) is 2.59. The molecule has 0 fully saturated rings. The topological polar surface area (TPSA) is 61.6 Å². The Labute approximate surface area is 133 Å². The van der Waals surface area contributed by atoms with Crippen molar-refractivity contribution in [2.24, 2.45) is 0 Å². The zero-order chi connectivity index (χ0) is 16.1. The summed E-state index contributed by atoms with van der Waals surface area (Å²) in [7, 11) is 0. The van der Waals surface area contributed by atoms with E-state index < -0.39 is 4.92 Å². The van der Waals surface area contributed by atoms with Gasteiger partial charge in [0.2, 0.25) is 0 Å². The molecule has 3 rings (SSSR count). The summed E-state index contributed by atoms with van der Waals surface area (Å²) in [6.07, 6.45) is 0. The van der Waals surface area contributed by atoms with E-state index in [1.165, 1.54) is 12.1 Å². The lowest BCUT2D eigenvalue weighted by Crippen LogP contribution is -2.09. The van der Waals surface area contributed by atoms with Gasteiger partial charge in [-0.15, -0.1) is 0 Å². The largest absolute Gasteiger partial charge is 0.490 e. The maximum Gasteiger partial charge on any atom is 0.273 e. The highest BCUT2D eigenvalue weighted by molar-refractivity contribution is 5.83. The molecule has 3 aromatic rings. The lowest BCUT2D eigenvalue weighted by molar-refractivity contribution is -0.384. The van der Waals surface area contributed by atoms with Crippen LogP contribution in [0.1, 0.15) is 0 Å². The molecule has 0 saturated heterocycles. The number of nitro benzene ring substituents is 1. The van der Waals surface area contributed by atoms with Gasteiger partial charge >= 0.3 is 0 Å². The van der Waals surface area contributed by atoms with Crippen LogP contribution in [0.15, 0.2) is 66.7 Å². The van der Waals surface area contributed by atoms with Gasteiger partial charge in [-0.25, -0.2) is 0 Å². The summed E-state index contributed by atoms with van der Waals surface area (Å²) in [6.45, 7) is 0.676. The molecule has 0 heterocycles. The van der Waals surface area contributed by atoms with Crippen LogP contribution in [0.4, 0.5) is 5.69 Å². The third-order valence-corrected chi connectivity index (χ3v) is 3.37. The van der Waals surface area contributed by atoms with Crippen molar-refractivity contribution in [2.45, 2.75) is 0 Å². The van der Waals surface area contributed by atoms with Gasteiger partial charge in [-0.1, -0.05) is 36.4 Å². The number of benzene rings is 3. The Hall–Kier alpha value is -3.08. The number of fused-ring (bicyclic) bond motifs is 1. The van der Waals surface area contributed by atoms with Crippen molar-refractivity contribution < 1.29 is 14.4 Å². The standard InChI is InChI=1S/C18H15NO4/c20-19(21)16-6-3-7-17(13-16)22-10-11-23-18-9-8-14-4-1-2-5-15(14)12-18/h1-9,12-13H,10-11H2. The molecule has 3 aromatic carbocycles. The first-order valence-electron chi connectivity index (χ1n) is 7.21. The summed E-state index contributed by atoms with van der Waals surface area (Å²) < 4.78 is 11.1. The van der Waals surface area contributed by atoms with E-state index in [1.807, 2.05) is 42.5 Å². The molecule has 0 unspecified atom stereocenters. The zero-order valence-electron chi connectivity index (χ0n) is 12.3. The van der Waals surface area contributed by atoms with Crippen LogP contribution in [0.3, 0.4) is 0 Å². The highest BCUT2D eigenvalue weighted by Crippen LogP contribution is 2.21. The first-order valence-corrected chi connectivity index (χ1v) is 7.21. The smallest absolute Gasteiger partial charge is 0.273 e. The van der Waals surface area contributed by atoms with E-state index in [0.29, 0.717) is 19.0 Å². The number of nitro groups is 1. The fourth-order valence-electron chi connectivity index (χ4n) is 2.26. The van der Waals surface area contributed by atoms with Crippen molar-refractivity contribution in [2.75, 3.05) is 13.2 Å². The minimum absolute atomic E-state index is 0.0120. The van der Waals surface area contributed by atoms with E-state index in [0.717, 1.165) is 16.5 Å². The maximum atomic E-state index is 10.7. The highest BCUT2D eigenvalue weighted by atomic mass is 16.6. The maximum absolute atomic E-state index is 10.7. The molecular weight excluding hydrogens is 294 g/mol. The third kappa shape index (κ3) is 3.77. The predicted octanol–water partition coefficient (Wildman–Crippen LogP) is 4.21. The van der Waals surface area contributed by atoms with Crippen LogP contribution in [0.25, 0.3) is 10.8 Å². The number of hydrogen-bond acceptors (Lipinski definition) is 4. The molecule has 0 amide bonds. The second-order valence-electron chi connectivity index (χ2n) is 4.96. The Morgan fingerprint density at radius 2 is 1.48 bits per heavy atom. The number of nitrogens with zero attached hydrogens (tertiary/aromatic N) is 1. The van der Waals surface area contributed by atoms with Crippen LogP contribution in [-0.2, 0) is 0 Å². The third-order valence-electron chi connectivity index (χ3n) is 3.37. The van der Waals surface area contributed by atoms with Gasteiger partial charge in [0.1, 0.15) is 24.7 Å². The van der Waals surface area contributed by atoms with Crippen LogP contribution >= 0.6 is 0 Å². The van der Waals surface area contributed by atoms with Gasteiger partial charge < -0.3 is 9.47 Å². The van der Waals surface area contributed by atoms with Gasteiger partial charge in [-0.2, -0.15) is 0 Å². The summed E-state index contributed by atoms with van der Waals surface area (Å²) in [6, 6.07) is 20.1. The molecular formula is C18H15NO4. The molecule has 0 N–H and O–H groups in total. The van der Waals surface area contributed by atoms with E-state index in [2.05, 4.69) is 0 Å². The van der Waals surface area contributed by atoms with Gasteiger partial charge in [-0.05, 0) is 29.0 Å². The Balaban J connectivity index is 1.54. The van der Waals surface area contributed by atoms with Crippen molar-refractivity contribution in [3.63, 3.8) is 0 Å². The zero-order valence-corrected chi connectivity index (χ0v) is 12.3. The molecule has 0 spiro atoms. The summed E-state index contributed by atoms with van der Waals surface area (Å²) in [5, 5.41) is 13.0. The molecule has 0 saturated carbocycles. The molecule has 5 heteroatoms. The minimum atomic E-state index is -0.446. The Kier molecular flexibility index (Phi) is 4.38. The van der Waals surface area contributed by atoms with Crippen molar-refractivity contribution in [3.05, 3.63) is 76.8 Å². The van der Waals surface area contributed by atoms with Crippen molar-refractivity contribution in [1.82, 2.24) is 0 Å². The Morgan fingerprint density at radius 1 is 0.783 bits per heavy atom. The van der Waals surface area contributed by atoms with Crippen molar-refractivity contribution >= 4 is 16.5 Å². The number of ether oxygens (including phenoxy) is 2. The van der Waals surface area contributed by atoms with Gasteiger partial charge in [0, 0.05) is 6.07 Å². The molecule has 0 radical (unpaired) electrons. The van der Waals surface area contributed by atoms with Crippen LogP contribution in [0, 0.1) is 10.1 Å². The van der Waals surface area contributed by atoms with Gasteiger partial charge in [-0.3, -0.25) is 10.1 Å². The summed E-state index contributed by atoms with van der Waals surface area (Å²) >= 11 is 0. The molecule has 0 aliphatic heterocycles. The fourth-order valence-corrected chi connectivity index (χ4v) is 2.26. The molecule has 23 heavy (non-hydrogen) atoms. The molecule has 116 valence electrons. The Bertz CT molecular complexity index is 832. The minimum Gasteiger partial charge on any atom is -0.490 e. The van der Waals surface area contributed by atoms with Crippen molar-refractivity contribution in [3.8, 4) is 11.5 Å². The molecule has 0 bridgehead atoms. The lowest BCUT2D eigenvalue weighted by Gasteiger charge is -2.09. The van der Waals surface area contributed by atoms with Crippen LogP contribution < -0.4 is 9.47 Å². The summed E-state index contributed by atoms with van der Waals surface area (Å²) in [4.78, 5) is 10.3. The van der Waals surface area contributed by atoms with E-state index in [9.17, 15) is 10.1 Å². The Morgan fingerprint density at radius 3 is 2.22 bits per heavy atom. The molecule has 0 aromatic heterocycles. The van der Waals surface area contributed by atoms with E-state index >= 15 is 0 Å². The molecule has 0 aliphatic rings. The number of rotatable bonds is 6. The monoisotopic (exact) mass is 309 g/mol. The normalized spacial score (nSPS) is 10.4. The number of non-ortho nitro benzene ring substituents is 1. The quantitative estimate of drug-likeness (QED) is 0.389. The predicted molar refractivity (Wildman–Crippen MR) is 88.0 cm³/mol. The van der Waals surface area contributed by atoms with Gasteiger partial charge in [0.05, 0.1) is 11.0 Å². The van der Waals surface area contributed by atoms with E-state index in [-0.39, 0.29) is 5.69 Å². The first-order chi connectivity index (χ1) is 11.2. The lowest BCUT2D eigenvalue weighted by atomic mass is 10.1. The van der Waals surface area contributed by atoms with E-state index in [4.69, 9.17) is 9.47 Å². The average molecular weight is 309 g/mol. The van der Waals surface area contributed by atoms with Crippen LogP contribution in [0.5, 0.6) is 11.5 Å². The fraction of sp³-hybridized carbons (Fsp3) is 0.111. The van der Waals surface area contributed by atoms with E-state index in [1.54, 1.807) is 12.1 Å². The SMILES string of the molecule is O=[N+]([O-])c1cccc(OCCOc2ccc3ccccc3c2)c1.